The number of sulfonamides is 2. The highest BCUT2D eigenvalue weighted by Gasteiger charge is 2.46. The first-order valence-electron chi connectivity index (χ1n) is 6.70. The van der Waals surface area contributed by atoms with E-state index >= 15 is 0 Å². The first kappa shape index (κ1) is 25.6. The molecule has 0 aromatic rings. The third-order valence-electron chi connectivity index (χ3n) is 2.42. The summed E-state index contributed by atoms with van der Waals surface area (Å²) < 4.78 is 109. The van der Waals surface area contributed by atoms with Crippen LogP contribution in [-0.4, -0.2) is 48.0 Å². The van der Waals surface area contributed by atoms with Gasteiger partial charge in [0.1, 0.15) is 0 Å². The molecule has 0 bridgehead atoms. The average molecular weight is 410 g/mol. The second-order valence-electron chi connectivity index (χ2n) is 4.73. The van der Waals surface area contributed by atoms with E-state index < -0.39 is 31.1 Å². The largest absolute Gasteiger partial charge is 0.480 e. The minimum Gasteiger partial charge on any atom is -0.421 e. The summed E-state index contributed by atoms with van der Waals surface area (Å²) in [6.45, 7) is 7.18. The molecule has 1 unspecified atom stereocenters. The lowest BCUT2D eigenvalue weighted by Crippen LogP contribution is -3.08. The minimum atomic E-state index is -6.72. The number of rotatable bonds is 7. The highest BCUT2D eigenvalue weighted by Crippen LogP contribution is 2.36. The van der Waals surface area contributed by atoms with Crippen LogP contribution in [-0.2, 0) is 20.0 Å². The number of hydrogen-bond donors (Lipinski definition) is 1. The molecule has 0 heterocycles. The standard InChI is InChI=1S/C8H19N.C2F6NO4S2/c1-4-6-8-9(3)7-5-2;3-1(4,5)14(10,11)9-15(12,13)2(6,7)8/h4-8H2,1-3H3;/q;-1/p+1. The first-order valence-corrected chi connectivity index (χ1v) is 9.58. The van der Waals surface area contributed by atoms with Crippen LogP contribution in [0.3, 0.4) is 0 Å². The number of halogens is 6. The van der Waals surface area contributed by atoms with Gasteiger partial charge in [0, 0.05) is 0 Å². The van der Waals surface area contributed by atoms with Crippen LogP contribution in [0.4, 0.5) is 26.3 Å². The Morgan fingerprint density at radius 1 is 0.792 bits per heavy atom. The normalized spacial score (nSPS) is 14.7. The molecule has 0 saturated heterocycles. The molecule has 1 N–H and O–H groups in total. The van der Waals surface area contributed by atoms with Crippen LogP contribution in [0, 0.1) is 0 Å². The van der Waals surface area contributed by atoms with Crippen molar-refractivity contribution in [1.82, 2.24) is 0 Å². The molecule has 6 nitrogen and oxygen atoms in total. The van der Waals surface area contributed by atoms with Crippen LogP contribution < -0.4 is 4.90 Å². The molecule has 0 rings (SSSR count). The van der Waals surface area contributed by atoms with Crippen molar-refractivity contribution in [3.8, 4) is 0 Å². The van der Waals surface area contributed by atoms with Gasteiger partial charge in [-0.15, -0.1) is 0 Å². The van der Waals surface area contributed by atoms with Crippen LogP contribution in [0.5, 0.6) is 0 Å². The molecule has 0 aromatic carbocycles. The van der Waals surface area contributed by atoms with Crippen molar-refractivity contribution < 1.29 is 48.1 Å². The van der Waals surface area contributed by atoms with Gasteiger partial charge < -0.3 is 9.03 Å². The van der Waals surface area contributed by atoms with E-state index in [1.54, 1.807) is 4.90 Å². The average Bonchev–Trinajstić information content (AvgIpc) is 2.33. The molecule has 24 heavy (non-hydrogen) atoms. The van der Waals surface area contributed by atoms with Gasteiger partial charge in [-0.25, -0.2) is 16.8 Å². The molecule has 14 heteroatoms. The Morgan fingerprint density at radius 3 is 1.42 bits per heavy atom. The van der Waals surface area contributed by atoms with Gasteiger partial charge in [-0.05, 0) is 12.8 Å². The summed E-state index contributed by atoms with van der Waals surface area (Å²) in [6.07, 6.45) is 4.03. The fourth-order valence-electron chi connectivity index (χ4n) is 1.24. The lowest BCUT2D eigenvalue weighted by atomic mass is 10.3. The van der Waals surface area contributed by atoms with Crippen molar-refractivity contribution >= 4 is 20.0 Å². The van der Waals surface area contributed by atoms with E-state index in [2.05, 4.69) is 20.9 Å². The van der Waals surface area contributed by atoms with E-state index in [1.807, 2.05) is 0 Å². The van der Waals surface area contributed by atoms with E-state index in [0.717, 1.165) is 4.13 Å². The van der Waals surface area contributed by atoms with Gasteiger partial charge in [0.15, 0.2) is 20.0 Å². The van der Waals surface area contributed by atoms with Gasteiger partial charge >= 0.3 is 11.0 Å². The van der Waals surface area contributed by atoms with Crippen molar-refractivity contribution in [2.45, 2.75) is 44.1 Å². The Kier molecular flexibility index (Phi) is 10.4. The Balaban J connectivity index is 0. The number of nitrogens with one attached hydrogen (secondary N) is 1. The Bertz CT molecular complexity index is 515. The number of unbranched alkanes of at least 4 members (excludes halogenated alkanes) is 1. The quantitative estimate of drug-likeness (QED) is 0.648. The zero-order valence-electron chi connectivity index (χ0n) is 13.2. The monoisotopic (exact) mass is 410 g/mol. The Labute approximate surface area is 137 Å². The fraction of sp³-hybridized carbons (Fsp3) is 1.00. The smallest absolute Gasteiger partial charge is 0.421 e. The highest BCUT2D eigenvalue weighted by atomic mass is 32.3. The molecule has 0 aliphatic carbocycles. The summed E-state index contributed by atoms with van der Waals surface area (Å²) in [5.74, 6) is 0. The number of hydrogen-bond acceptors (Lipinski definition) is 4. The molecular formula is C10H20F6N2O4S2. The molecule has 0 fully saturated rings. The summed E-state index contributed by atoms with van der Waals surface area (Å²) in [6, 6.07) is 0. The molecule has 0 aliphatic heterocycles. The molecule has 148 valence electrons. The van der Waals surface area contributed by atoms with E-state index in [-0.39, 0.29) is 0 Å². The van der Waals surface area contributed by atoms with Crippen molar-refractivity contribution in [2.24, 2.45) is 0 Å². The maximum atomic E-state index is 11.4. The van der Waals surface area contributed by atoms with Crippen molar-refractivity contribution in [3.63, 3.8) is 0 Å². The molecule has 1 atom stereocenters. The van der Waals surface area contributed by atoms with Crippen molar-refractivity contribution in [3.05, 3.63) is 4.13 Å². The summed E-state index contributed by atoms with van der Waals surface area (Å²) in [4.78, 5) is 1.68. The SMILES string of the molecule is CCCC[NH+](C)CCC.O=S(=O)([N-]S(=O)(=O)C(F)(F)F)C(F)(F)F. The van der Waals surface area contributed by atoms with Gasteiger partial charge in [0.2, 0.25) is 0 Å². The first-order chi connectivity index (χ1) is 10.5. The maximum Gasteiger partial charge on any atom is 0.480 e. The highest BCUT2D eigenvalue weighted by molar-refractivity contribution is 8.13. The van der Waals surface area contributed by atoms with E-state index in [1.165, 1.54) is 32.4 Å². The number of alkyl halides is 6. The molecule has 0 spiro atoms. The zero-order chi connectivity index (χ0) is 19.8. The summed E-state index contributed by atoms with van der Waals surface area (Å²) in [7, 11) is -11.2. The molecule has 0 saturated carbocycles. The van der Waals surface area contributed by atoms with Crippen molar-refractivity contribution in [2.75, 3.05) is 20.1 Å². The molecule has 0 aromatic heterocycles. The topological polar surface area (TPSA) is 86.8 Å². The van der Waals surface area contributed by atoms with Crippen LogP contribution in [0.25, 0.3) is 4.13 Å². The predicted molar refractivity (Wildman–Crippen MR) is 75.1 cm³/mol. The molecule has 0 amide bonds. The number of nitrogens with zero attached hydrogens (tertiary/aromatic N) is 1. The molecule has 0 radical (unpaired) electrons. The predicted octanol–water partition coefficient (Wildman–Crippen LogP) is 1.77. The van der Waals surface area contributed by atoms with E-state index in [0.29, 0.717) is 0 Å². The fourth-order valence-corrected chi connectivity index (χ4v) is 2.95. The van der Waals surface area contributed by atoms with E-state index in [9.17, 15) is 43.2 Å². The zero-order valence-corrected chi connectivity index (χ0v) is 14.8. The van der Waals surface area contributed by atoms with Crippen molar-refractivity contribution in [1.29, 1.82) is 0 Å². The van der Waals surface area contributed by atoms with Gasteiger partial charge in [0.05, 0.1) is 20.1 Å². The summed E-state index contributed by atoms with van der Waals surface area (Å²) >= 11 is 0. The summed E-state index contributed by atoms with van der Waals surface area (Å²) in [5, 5.41) is 0. The van der Waals surface area contributed by atoms with Crippen LogP contribution in [0.15, 0.2) is 0 Å². The van der Waals surface area contributed by atoms with Gasteiger partial charge in [-0.2, -0.15) is 26.3 Å². The second-order valence-corrected chi connectivity index (χ2v) is 8.15. The minimum absolute atomic E-state index is 0.778. The van der Waals surface area contributed by atoms with Crippen LogP contribution in [0.2, 0.25) is 0 Å². The number of quaternary nitrogens is 1. The maximum absolute atomic E-state index is 11.4. The molecular weight excluding hydrogens is 390 g/mol. The lowest BCUT2D eigenvalue weighted by Gasteiger charge is -2.22. The van der Waals surface area contributed by atoms with Gasteiger partial charge in [0.25, 0.3) is 0 Å². The van der Waals surface area contributed by atoms with Crippen LogP contribution >= 0.6 is 0 Å². The third-order valence-corrected chi connectivity index (χ3v) is 5.16. The summed E-state index contributed by atoms with van der Waals surface area (Å²) in [5.41, 5.74) is -12.4. The lowest BCUT2D eigenvalue weighted by molar-refractivity contribution is -0.879. The van der Waals surface area contributed by atoms with E-state index in [4.69, 9.17) is 0 Å². The molecule has 0 aliphatic rings. The Hall–Kier alpha value is -0.600. The Morgan fingerprint density at radius 2 is 1.17 bits per heavy atom. The van der Waals surface area contributed by atoms with Gasteiger partial charge in [-0.3, -0.25) is 0 Å². The van der Waals surface area contributed by atoms with Crippen LogP contribution in [0.1, 0.15) is 33.1 Å². The van der Waals surface area contributed by atoms with Gasteiger partial charge in [-0.1, -0.05) is 20.3 Å². The third kappa shape index (κ3) is 9.64. The second kappa shape index (κ2) is 9.77.